The molecule has 0 aliphatic heterocycles. The van der Waals surface area contributed by atoms with E-state index < -0.39 is 22.7 Å². The Balaban J connectivity index is 1.78. The van der Waals surface area contributed by atoms with Crippen molar-refractivity contribution in [1.29, 1.82) is 0 Å². The van der Waals surface area contributed by atoms with Gasteiger partial charge in [0.05, 0.1) is 25.2 Å². The van der Waals surface area contributed by atoms with Crippen molar-refractivity contribution in [1.82, 2.24) is 5.32 Å². The van der Waals surface area contributed by atoms with Gasteiger partial charge in [0.15, 0.2) is 11.5 Å². The van der Waals surface area contributed by atoms with Crippen LogP contribution in [0.15, 0.2) is 60.7 Å². The molecule has 12 heteroatoms. The lowest BCUT2D eigenvalue weighted by Crippen LogP contribution is -2.32. The summed E-state index contributed by atoms with van der Waals surface area (Å²) in [7, 11) is -2.25. The van der Waals surface area contributed by atoms with Crippen molar-refractivity contribution in [2.45, 2.75) is 31.6 Å². The predicted molar refractivity (Wildman–Crippen MR) is 142 cm³/mol. The Morgan fingerprint density at radius 1 is 1.00 bits per heavy atom. The fourth-order valence-corrected chi connectivity index (χ4v) is 4.69. The normalized spacial score (nSPS) is 13.2. The molecule has 0 saturated heterocycles. The van der Waals surface area contributed by atoms with E-state index in [1.54, 1.807) is 24.3 Å². The Kier molecular flexibility index (Phi) is 10.1. The first kappa shape index (κ1) is 29.4. The van der Waals surface area contributed by atoms with Gasteiger partial charge in [-0.15, -0.1) is 0 Å². The van der Waals surface area contributed by atoms with Crippen molar-refractivity contribution in [3.8, 4) is 17.2 Å². The number of aliphatic hydroxyl groups excluding tert-OH is 1. The van der Waals surface area contributed by atoms with Gasteiger partial charge in [-0.3, -0.25) is 4.72 Å². The summed E-state index contributed by atoms with van der Waals surface area (Å²) in [6.45, 7) is -2.86. The largest absolute Gasteiger partial charge is 0.506 e. The van der Waals surface area contributed by atoms with Crippen LogP contribution in [0.3, 0.4) is 0 Å². The standard InChI is InChI=1S/C26H29ClF2N2O6S/c1-36-25-14-18(7-9-24(25)37-26(28)29)21(12-16-4-3-5-19(27)10-16)30-15-20(32)11-17-6-8-23(33)22(13-17)31-38(2,34)35/h3-10,13-14,20-21,26,30-33H,11-12,15H2,1-2H3/t20-,21+/m0/s1. The van der Waals surface area contributed by atoms with Gasteiger partial charge in [-0.05, 0) is 65.9 Å². The predicted octanol–water partition coefficient (Wildman–Crippen LogP) is 4.50. The van der Waals surface area contributed by atoms with E-state index in [1.807, 2.05) is 18.2 Å². The third-order valence-corrected chi connectivity index (χ3v) is 6.39. The second-order valence-corrected chi connectivity index (χ2v) is 10.9. The molecule has 0 heterocycles. The van der Waals surface area contributed by atoms with Crippen molar-refractivity contribution in [2.75, 3.05) is 24.6 Å². The molecule has 0 spiro atoms. The van der Waals surface area contributed by atoms with Crippen LogP contribution in [0.4, 0.5) is 14.5 Å². The molecular formula is C26H29ClF2N2O6S. The summed E-state index contributed by atoms with van der Waals surface area (Å²) in [5.74, 6) is -0.198. The number of aromatic hydroxyl groups is 1. The highest BCUT2D eigenvalue weighted by Gasteiger charge is 2.19. The van der Waals surface area contributed by atoms with Gasteiger partial charge >= 0.3 is 6.61 Å². The molecule has 0 aliphatic rings. The van der Waals surface area contributed by atoms with E-state index in [4.69, 9.17) is 16.3 Å². The number of hydrogen-bond donors (Lipinski definition) is 4. The van der Waals surface area contributed by atoms with E-state index in [2.05, 4.69) is 14.8 Å². The average Bonchev–Trinajstić information content (AvgIpc) is 2.83. The molecule has 0 saturated carbocycles. The van der Waals surface area contributed by atoms with Crippen LogP contribution in [0.2, 0.25) is 5.02 Å². The number of methoxy groups -OCH3 is 1. The number of sulfonamides is 1. The molecule has 0 unspecified atom stereocenters. The average molecular weight is 571 g/mol. The van der Waals surface area contributed by atoms with Gasteiger partial charge in [0.1, 0.15) is 5.75 Å². The molecule has 0 aromatic heterocycles. The van der Waals surface area contributed by atoms with Gasteiger partial charge in [-0.25, -0.2) is 8.42 Å². The lowest BCUT2D eigenvalue weighted by molar-refractivity contribution is -0.0512. The third-order valence-electron chi connectivity index (χ3n) is 5.56. The summed E-state index contributed by atoms with van der Waals surface area (Å²) in [5, 5.41) is 24.5. The summed E-state index contributed by atoms with van der Waals surface area (Å²) < 4.78 is 60.6. The maximum absolute atomic E-state index is 12.8. The van der Waals surface area contributed by atoms with Crippen LogP contribution in [0, 0.1) is 0 Å². The van der Waals surface area contributed by atoms with Crippen LogP contribution in [0.5, 0.6) is 17.2 Å². The van der Waals surface area contributed by atoms with E-state index in [-0.39, 0.29) is 41.9 Å². The lowest BCUT2D eigenvalue weighted by atomic mass is 9.97. The smallest absolute Gasteiger partial charge is 0.387 e. The second kappa shape index (κ2) is 13.1. The van der Waals surface area contributed by atoms with E-state index in [1.165, 1.54) is 25.3 Å². The van der Waals surface area contributed by atoms with Gasteiger partial charge in [0, 0.05) is 17.6 Å². The van der Waals surface area contributed by atoms with Crippen molar-refractivity contribution >= 4 is 27.3 Å². The van der Waals surface area contributed by atoms with Crippen LogP contribution >= 0.6 is 11.6 Å². The van der Waals surface area contributed by atoms with Crippen LogP contribution < -0.4 is 19.5 Å². The van der Waals surface area contributed by atoms with Gasteiger partial charge < -0.3 is 25.0 Å². The topological polar surface area (TPSA) is 117 Å². The van der Waals surface area contributed by atoms with Gasteiger partial charge in [0.2, 0.25) is 10.0 Å². The first-order valence-electron chi connectivity index (χ1n) is 11.5. The van der Waals surface area contributed by atoms with E-state index in [9.17, 15) is 27.4 Å². The molecule has 8 nitrogen and oxygen atoms in total. The monoisotopic (exact) mass is 570 g/mol. The van der Waals surface area contributed by atoms with Crippen LogP contribution in [-0.2, 0) is 22.9 Å². The van der Waals surface area contributed by atoms with E-state index >= 15 is 0 Å². The number of ether oxygens (including phenoxy) is 2. The number of halogens is 3. The zero-order valence-corrected chi connectivity index (χ0v) is 22.3. The Morgan fingerprint density at radius 2 is 1.74 bits per heavy atom. The Bertz CT molecular complexity index is 1340. The number of anilines is 1. The van der Waals surface area contributed by atoms with E-state index in [0.717, 1.165) is 11.8 Å². The Hall–Kier alpha value is -3.12. The molecule has 3 rings (SSSR count). The van der Waals surface area contributed by atoms with Crippen LogP contribution in [0.25, 0.3) is 0 Å². The summed E-state index contributed by atoms with van der Waals surface area (Å²) in [5.41, 5.74) is 2.23. The molecule has 3 aromatic rings. The summed E-state index contributed by atoms with van der Waals surface area (Å²) in [6, 6.07) is 15.9. The number of aliphatic hydroxyl groups is 1. The number of phenols is 1. The molecule has 2 atom stereocenters. The molecular weight excluding hydrogens is 542 g/mol. The summed E-state index contributed by atoms with van der Waals surface area (Å²) in [6.07, 6.45) is 0.725. The van der Waals surface area contributed by atoms with Crippen LogP contribution in [0.1, 0.15) is 22.7 Å². The fraction of sp³-hybridized carbons (Fsp3) is 0.308. The minimum Gasteiger partial charge on any atom is -0.506 e. The maximum Gasteiger partial charge on any atom is 0.387 e. The third kappa shape index (κ3) is 9.02. The second-order valence-electron chi connectivity index (χ2n) is 8.67. The molecule has 0 bridgehead atoms. The zero-order valence-electron chi connectivity index (χ0n) is 20.7. The van der Waals surface area contributed by atoms with Gasteiger partial charge in [-0.1, -0.05) is 35.9 Å². The van der Waals surface area contributed by atoms with E-state index in [0.29, 0.717) is 22.6 Å². The number of phenolic OH excluding ortho intramolecular Hbond substituents is 1. The van der Waals surface area contributed by atoms with Crippen molar-refractivity contribution in [3.05, 3.63) is 82.4 Å². The molecule has 4 N–H and O–H groups in total. The number of alkyl halides is 2. The zero-order chi connectivity index (χ0) is 27.9. The number of rotatable bonds is 13. The molecule has 206 valence electrons. The molecule has 0 radical (unpaired) electrons. The highest BCUT2D eigenvalue weighted by Crippen LogP contribution is 2.33. The van der Waals surface area contributed by atoms with Crippen molar-refractivity contribution in [2.24, 2.45) is 0 Å². The molecule has 38 heavy (non-hydrogen) atoms. The highest BCUT2D eigenvalue weighted by molar-refractivity contribution is 7.92. The summed E-state index contributed by atoms with van der Waals surface area (Å²) >= 11 is 6.14. The molecule has 0 amide bonds. The minimum atomic E-state index is -3.60. The minimum absolute atomic E-state index is 0.0159. The maximum atomic E-state index is 12.8. The quantitative estimate of drug-likeness (QED) is 0.223. The lowest BCUT2D eigenvalue weighted by Gasteiger charge is -2.23. The van der Waals surface area contributed by atoms with Gasteiger partial charge in [-0.2, -0.15) is 8.78 Å². The first-order valence-corrected chi connectivity index (χ1v) is 13.8. The summed E-state index contributed by atoms with van der Waals surface area (Å²) in [4.78, 5) is 0. The molecule has 0 fully saturated rings. The van der Waals surface area contributed by atoms with Gasteiger partial charge in [0.25, 0.3) is 0 Å². The molecule has 3 aromatic carbocycles. The molecule has 0 aliphatic carbocycles. The Morgan fingerprint density at radius 3 is 2.39 bits per heavy atom. The number of hydrogen-bond acceptors (Lipinski definition) is 7. The highest BCUT2D eigenvalue weighted by atomic mass is 35.5. The SMILES string of the molecule is COc1cc([C@@H](Cc2cccc(Cl)c2)NC[C@@H](O)Cc2ccc(O)c(NS(C)(=O)=O)c2)ccc1OC(F)F. The van der Waals surface area contributed by atoms with Crippen molar-refractivity contribution < 1.29 is 36.9 Å². The number of benzene rings is 3. The Labute approximate surface area is 225 Å². The van der Waals surface area contributed by atoms with Crippen molar-refractivity contribution in [3.63, 3.8) is 0 Å². The fourth-order valence-electron chi connectivity index (χ4n) is 3.92. The first-order chi connectivity index (χ1) is 17.9. The number of nitrogens with one attached hydrogen (secondary N) is 2. The van der Waals surface area contributed by atoms with Crippen LogP contribution in [-0.4, -0.2) is 51.3 Å².